The van der Waals surface area contributed by atoms with Gasteiger partial charge in [-0.15, -0.1) is 11.8 Å². The SMILES string of the molecule is CSc1c(S(=O)(=O)Nc2ccccc2)ccc(Cl)c1C(F)(F)F. The summed E-state index contributed by atoms with van der Waals surface area (Å²) in [7, 11) is -4.19. The highest BCUT2D eigenvalue weighted by Gasteiger charge is 2.38. The molecule has 0 unspecified atom stereocenters. The van der Waals surface area contributed by atoms with E-state index in [4.69, 9.17) is 11.6 Å². The van der Waals surface area contributed by atoms with Crippen LogP contribution in [0.5, 0.6) is 0 Å². The van der Waals surface area contributed by atoms with E-state index in [0.29, 0.717) is 11.8 Å². The Morgan fingerprint density at radius 2 is 1.70 bits per heavy atom. The number of benzene rings is 2. The molecule has 0 spiro atoms. The molecule has 2 rings (SSSR count). The first kappa shape index (κ1) is 18.0. The van der Waals surface area contributed by atoms with Crippen LogP contribution in [0.25, 0.3) is 0 Å². The highest BCUT2D eigenvalue weighted by atomic mass is 35.5. The zero-order valence-corrected chi connectivity index (χ0v) is 14.1. The van der Waals surface area contributed by atoms with Crippen molar-refractivity contribution in [3.8, 4) is 0 Å². The summed E-state index contributed by atoms with van der Waals surface area (Å²) in [6, 6.07) is 9.90. The van der Waals surface area contributed by atoms with Gasteiger partial charge in [-0.1, -0.05) is 29.8 Å². The van der Waals surface area contributed by atoms with Crippen LogP contribution in [-0.4, -0.2) is 14.7 Å². The highest BCUT2D eigenvalue weighted by Crippen LogP contribution is 2.43. The quantitative estimate of drug-likeness (QED) is 0.767. The molecule has 2 aromatic carbocycles. The Labute approximate surface area is 140 Å². The Bertz CT molecular complexity index is 809. The van der Waals surface area contributed by atoms with Crippen LogP contribution in [0.4, 0.5) is 18.9 Å². The van der Waals surface area contributed by atoms with Crippen LogP contribution in [0, 0.1) is 0 Å². The number of anilines is 1. The van der Waals surface area contributed by atoms with E-state index < -0.39 is 36.6 Å². The first-order chi connectivity index (χ1) is 10.7. The van der Waals surface area contributed by atoms with Gasteiger partial charge in [0.2, 0.25) is 0 Å². The van der Waals surface area contributed by atoms with Gasteiger partial charge in [0.1, 0.15) is 4.90 Å². The zero-order chi connectivity index (χ0) is 17.3. The van der Waals surface area contributed by atoms with Crippen LogP contribution in [0.1, 0.15) is 5.56 Å². The van der Waals surface area contributed by atoms with E-state index in [-0.39, 0.29) is 5.69 Å². The van der Waals surface area contributed by atoms with Gasteiger partial charge in [-0.3, -0.25) is 4.72 Å². The van der Waals surface area contributed by atoms with Gasteiger partial charge in [0, 0.05) is 10.6 Å². The lowest BCUT2D eigenvalue weighted by atomic mass is 10.2. The highest BCUT2D eigenvalue weighted by molar-refractivity contribution is 8.00. The molecule has 0 aliphatic rings. The van der Waals surface area contributed by atoms with Gasteiger partial charge in [0.05, 0.1) is 10.6 Å². The topological polar surface area (TPSA) is 46.2 Å². The predicted molar refractivity (Wildman–Crippen MR) is 85.5 cm³/mol. The van der Waals surface area contributed by atoms with Crippen molar-refractivity contribution in [2.75, 3.05) is 11.0 Å². The van der Waals surface area contributed by atoms with Crippen LogP contribution in [0.2, 0.25) is 5.02 Å². The minimum absolute atomic E-state index is 0.253. The van der Waals surface area contributed by atoms with E-state index in [1.807, 2.05) is 0 Å². The minimum atomic E-state index is -4.76. The van der Waals surface area contributed by atoms with Crippen LogP contribution < -0.4 is 4.72 Å². The molecule has 1 N–H and O–H groups in total. The van der Waals surface area contributed by atoms with Crippen LogP contribution >= 0.6 is 23.4 Å². The molecule has 0 saturated carbocycles. The van der Waals surface area contributed by atoms with E-state index >= 15 is 0 Å². The molecule has 0 saturated heterocycles. The van der Waals surface area contributed by atoms with Gasteiger partial charge in [0.15, 0.2) is 0 Å². The lowest BCUT2D eigenvalue weighted by Gasteiger charge is -2.17. The zero-order valence-electron chi connectivity index (χ0n) is 11.7. The van der Waals surface area contributed by atoms with E-state index in [2.05, 4.69) is 4.72 Å². The maximum Gasteiger partial charge on any atom is 0.418 e. The van der Waals surface area contributed by atoms with Crippen LogP contribution in [0.15, 0.2) is 52.3 Å². The molecule has 0 aliphatic heterocycles. The molecule has 2 aromatic rings. The summed E-state index contributed by atoms with van der Waals surface area (Å²) in [5.74, 6) is 0. The Morgan fingerprint density at radius 3 is 2.22 bits per heavy atom. The number of sulfonamides is 1. The van der Waals surface area contributed by atoms with Crippen LogP contribution in [-0.2, 0) is 16.2 Å². The summed E-state index contributed by atoms with van der Waals surface area (Å²) >= 11 is 6.30. The second-order valence-corrected chi connectivity index (χ2v) is 7.30. The van der Waals surface area contributed by atoms with Crippen molar-refractivity contribution in [3.05, 3.63) is 53.1 Å². The molecular formula is C14H11ClF3NO2S2. The summed E-state index contributed by atoms with van der Waals surface area (Å²) in [4.78, 5) is -0.904. The Balaban J connectivity index is 2.59. The number of rotatable bonds is 4. The second kappa shape index (κ2) is 6.62. The molecule has 3 nitrogen and oxygen atoms in total. The number of alkyl halides is 3. The standard InChI is InChI=1S/C14H11ClF3NO2S2/c1-22-13-11(8-7-10(15)12(13)14(16,17)18)23(20,21)19-9-5-3-2-4-6-9/h2-8,19H,1H3. The van der Waals surface area contributed by atoms with Gasteiger partial charge >= 0.3 is 6.18 Å². The van der Waals surface area contributed by atoms with Gasteiger partial charge in [-0.05, 0) is 30.5 Å². The Hall–Kier alpha value is -1.38. The van der Waals surface area contributed by atoms with Crippen molar-refractivity contribution in [2.45, 2.75) is 16.0 Å². The largest absolute Gasteiger partial charge is 0.418 e. The first-order valence-electron chi connectivity index (χ1n) is 6.18. The van der Waals surface area contributed by atoms with E-state index in [1.54, 1.807) is 18.2 Å². The van der Waals surface area contributed by atoms with Gasteiger partial charge in [0.25, 0.3) is 10.0 Å². The predicted octanol–water partition coefficient (Wildman–Crippen LogP) is 4.88. The van der Waals surface area contributed by atoms with Crippen LogP contribution in [0.3, 0.4) is 0 Å². The third kappa shape index (κ3) is 3.94. The average molecular weight is 382 g/mol. The van der Waals surface area contributed by atoms with Crippen molar-refractivity contribution in [1.82, 2.24) is 0 Å². The molecule has 124 valence electrons. The normalized spacial score (nSPS) is 12.2. The molecule has 23 heavy (non-hydrogen) atoms. The second-order valence-electron chi connectivity index (χ2n) is 4.42. The van der Waals surface area contributed by atoms with E-state index in [9.17, 15) is 21.6 Å². The fourth-order valence-corrected chi connectivity index (χ4v) is 4.68. The average Bonchev–Trinajstić information content (AvgIpc) is 2.45. The number of nitrogens with one attached hydrogen (secondary N) is 1. The van der Waals surface area contributed by atoms with Crippen molar-refractivity contribution < 1.29 is 21.6 Å². The lowest BCUT2D eigenvalue weighted by Crippen LogP contribution is -2.17. The Morgan fingerprint density at radius 1 is 1.09 bits per heavy atom. The minimum Gasteiger partial charge on any atom is -0.280 e. The van der Waals surface area contributed by atoms with Gasteiger partial charge < -0.3 is 0 Å². The molecular weight excluding hydrogens is 371 g/mol. The monoisotopic (exact) mass is 381 g/mol. The smallest absolute Gasteiger partial charge is 0.280 e. The number of halogens is 4. The van der Waals surface area contributed by atoms with Crippen molar-refractivity contribution >= 4 is 39.1 Å². The number of hydrogen-bond donors (Lipinski definition) is 1. The fraction of sp³-hybridized carbons (Fsp3) is 0.143. The first-order valence-corrected chi connectivity index (χ1v) is 9.27. The summed E-state index contributed by atoms with van der Waals surface area (Å²) in [5, 5.41) is -0.541. The number of hydrogen-bond acceptors (Lipinski definition) is 3. The van der Waals surface area contributed by atoms with Crippen molar-refractivity contribution in [2.24, 2.45) is 0 Å². The molecule has 0 radical (unpaired) electrons. The molecule has 0 atom stereocenters. The van der Waals surface area contributed by atoms with Gasteiger partial charge in [-0.2, -0.15) is 13.2 Å². The third-order valence-electron chi connectivity index (χ3n) is 2.87. The summed E-state index contributed by atoms with van der Waals surface area (Å²) < 4.78 is 66.7. The molecule has 0 bridgehead atoms. The van der Waals surface area contributed by atoms with E-state index in [1.165, 1.54) is 18.4 Å². The van der Waals surface area contributed by atoms with Crippen molar-refractivity contribution in [3.63, 3.8) is 0 Å². The lowest BCUT2D eigenvalue weighted by molar-refractivity contribution is -0.139. The summed E-state index contributed by atoms with van der Waals surface area (Å²) in [6.07, 6.45) is -3.39. The molecule has 0 amide bonds. The Kier molecular flexibility index (Phi) is 5.17. The van der Waals surface area contributed by atoms with Gasteiger partial charge in [-0.25, -0.2) is 8.42 Å². The number of para-hydroxylation sites is 1. The number of thioether (sulfide) groups is 1. The summed E-state index contributed by atoms with van der Waals surface area (Å²) in [6.45, 7) is 0. The molecule has 0 heterocycles. The maximum atomic E-state index is 13.2. The maximum absolute atomic E-state index is 13.2. The molecule has 9 heteroatoms. The molecule has 0 aromatic heterocycles. The van der Waals surface area contributed by atoms with E-state index in [0.717, 1.165) is 12.1 Å². The fourth-order valence-electron chi connectivity index (χ4n) is 1.93. The molecule has 0 aliphatic carbocycles. The molecule has 0 fully saturated rings. The summed E-state index contributed by atoms with van der Waals surface area (Å²) in [5.41, 5.74) is -0.898. The third-order valence-corrected chi connectivity index (χ3v) is 5.57. The van der Waals surface area contributed by atoms with Crippen molar-refractivity contribution in [1.29, 1.82) is 0 Å².